The molecule has 4 aromatic rings. The largest absolute Gasteiger partial charge is 0.329 e. The van der Waals surface area contributed by atoms with Gasteiger partial charge in [-0.2, -0.15) is 0 Å². The molecule has 0 bridgehead atoms. The summed E-state index contributed by atoms with van der Waals surface area (Å²) in [6, 6.07) is 24.9. The fraction of sp³-hybridized carbons (Fsp3) is 0. The molecule has 0 aromatic heterocycles. The zero-order valence-corrected chi connectivity index (χ0v) is 16.7. The minimum absolute atomic E-state index is 0.341. The maximum absolute atomic E-state index is 12.4. The third-order valence-corrected chi connectivity index (χ3v) is 4.85. The van der Waals surface area contributed by atoms with Crippen molar-refractivity contribution in [2.75, 3.05) is 0 Å². The molecule has 8 nitrogen and oxygen atoms in total. The lowest BCUT2D eigenvalue weighted by atomic mass is 10.0. The molecule has 0 fully saturated rings. The van der Waals surface area contributed by atoms with Crippen molar-refractivity contribution in [2.24, 2.45) is 0 Å². The highest BCUT2D eigenvalue weighted by atomic mass is 16.2. The molecule has 0 aliphatic heterocycles. The van der Waals surface area contributed by atoms with E-state index in [1.165, 1.54) is 0 Å². The van der Waals surface area contributed by atoms with E-state index in [1.54, 1.807) is 48.5 Å². The zero-order valence-electron chi connectivity index (χ0n) is 16.7. The molecular weight excluding hydrogens is 408 g/mol. The molecule has 8 heteroatoms. The lowest BCUT2D eigenvalue weighted by molar-refractivity contribution is -0.140. The number of amides is 4. The fourth-order valence-corrected chi connectivity index (χ4v) is 3.32. The predicted molar refractivity (Wildman–Crippen MR) is 119 cm³/mol. The van der Waals surface area contributed by atoms with Gasteiger partial charge >= 0.3 is 11.8 Å². The van der Waals surface area contributed by atoms with Crippen LogP contribution >= 0.6 is 0 Å². The van der Waals surface area contributed by atoms with Crippen LogP contribution in [0.2, 0.25) is 0 Å². The number of hydrazine groups is 2. The van der Waals surface area contributed by atoms with Gasteiger partial charge in [0.05, 0.1) is 0 Å². The van der Waals surface area contributed by atoms with E-state index in [4.69, 9.17) is 0 Å². The van der Waals surface area contributed by atoms with Crippen molar-refractivity contribution in [3.05, 3.63) is 96.1 Å². The van der Waals surface area contributed by atoms with Gasteiger partial charge < -0.3 is 0 Å². The second-order valence-electron chi connectivity index (χ2n) is 6.87. The Kier molecular flexibility index (Phi) is 5.76. The van der Waals surface area contributed by atoms with Gasteiger partial charge in [-0.3, -0.25) is 40.9 Å². The molecular formula is C24H18N4O4. The highest BCUT2D eigenvalue weighted by Gasteiger charge is 2.17. The van der Waals surface area contributed by atoms with E-state index < -0.39 is 23.6 Å². The number of carbonyl (C=O) groups is 4. The van der Waals surface area contributed by atoms with Crippen LogP contribution in [0.15, 0.2) is 84.9 Å². The van der Waals surface area contributed by atoms with Crippen LogP contribution in [0.4, 0.5) is 0 Å². The van der Waals surface area contributed by atoms with Crippen LogP contribution in [-0.2, 0) is 9.59 Å². The first-order valence-electron chi connectivity index (χ1n) is 9.71. The van der Waals surface area contributed by atoms with Gasteiger partial charge in [0.15, 0.2) is 0 Å². The SMILES string of the molecule is O=C(NNC(=O)c1cccc2ccccc12)C(=O)NNC(=O)c1cccc2ccccc12. The highest BCUT2D eigenvalue weighted by Crippen LogP contribution is 2.19. The maximum atomic E-state index is 12.4. The Balaban J connectivity index is 1.34. The van der Waals surface area contributed by atoms with Crippen LogP contribution in [0.5, 0.6) is 0 Å². The molecule has 0 spiro atoms. The molecule has 0 atom stereocenters. The summed E-state index contributed by atoms with van der Waals surface area (Å²) in [5, 5.41) is 3.13. The van der Waals surface area contributed by atoms with Crippen LogP contribution < -0.4 is 21.7 Å². The summed E-state index contributed by atoms with van der Waals surface area (Å²) in [5.41, 5.74) is 9.16. The number of benzene rings is 4. The molecule has 0 unspecified atom stereocenters. The van der Waals surface area contributed by atoms with Gasteiger partial charge in [0.25, 0.3) is 11.8 Å². The van der Waals surface area contributed by atoms with Crippen LogP contribution in [0, 0.1) is 0 Å². The summed E-state index contributed by atoms with van der Waals surface area (Å²) in [5.74, 6) is -3.45. The van der Waals surface area contributed by atoms with Crippen LogP contribution in [0.3, 0.4) is 0 Å². The monoisotopic (exact) mass is 426 g/mol. The normalized spacial score (nSPS) is 10.4. The first-order valence-corrected chi connectivity index (χ1v) is 9.71. The average Bonchev–Trinajstić information content (AvgIpc) is 2.84. The molecule has 4 amide bonds. The standard InChI is InChI=1S/C24H18N4O4/c29-21(19-13-5-9-15-7-1-3-11-17(15)19)25-27-23(31)24(32)28-26-22(30)20-14-6-10-16-8-2-4-12-18(16)20/h1-14H,(H,25,29)(H,26,30)(H,27,31)(H,28,32). The van der Waals surface area contributed by atoms with E-state index in [0.717, 1.165) is 10.8 Å². The van der Waals surface area contributed by atoms with Crippen molar-refractivity contribution < 1.29 is 19.2 Å². The van der Waals surface area contributed by atoms with Crippen LogP contribution in [0.1, 0.15) is 20.7 Å². The van der Waals surface area contributed by atoms with Crippen LogP contribution in [0.25, 0.3) is 21.5 Å². The Hall–Kier alpha value is -4.72. The number of hydrogen-bond donors (Lipinski definition) is 4. The lowest BCUT2D eigenvalue weighted by Crippen LogP contribution is -2.52. The second-order valence-corrected chi connectivity index (χ2v) is 6.87. The Bertz CT molecular complexity index is 1250. The van der Waals surface area contributed by atoms with Gasteiger partial charge in [0.1, 0.15) is 0 Å². The topological polar surface area (TPSA) is 116 Å². The summed E-state index contributed by atoms with van der Waals surface area (Å²) in [6.07, 6.45) is 0. The molecule has 32 heavy (non-hydrogen) atoms. The number of fused-ring (bicyclic) bond motifs is 2. The van der Waals surface area contributed by atoms with Crippen molar-refractivity contribution in [3.63, 3.8) is 0 Å². The first kappa shape index (κ1) is 20.5. The summed E-state index contributed by atoms with van der Waals surface area (Å²) in [6.45, 7) is 0. The molecule has 4 N–H and O–H groups in total. The highest BCUT2D eigenvalue weighted by molar-refractivity contribution is 6.35. The molecule has 0 aliphatic carbocycles. The summed E-state index contributed by atoms with van der Waals surface area (Å²) in [7, 11) is 0. The summed E-state index contributed by atoms with van der Waals surface area (Å²) in [4.78, 5) is 48.9. The van der Waals surface area contributed by atoms with Crippen molar-refractivity contribution in [3.8, 4) is 0 Å². The fourth-order valence-electron chi connectivity index (χ4n) is 3.32. The minimum Gasteiger partial charge on any atom is -0.267 e. The van der Waals surface area contributed by atoms with Gasteiger partial charge in [0, 0.05) is 11.1 Å². The third kappa shape index (κ3) is 4.24. The van der Waals surface area contributed by atoms with Gasteiger partial charge in [-0.1, -0.05) is 72.8 Å². The predicted octanol–water partition coefficient (Wildman–Crippen LogP) is 2.22. The number of rotatable bonds is 2. The molecule has 158 valence electrons. The number of nitrogens with one attached hydrogen (secondary N) is 4. The van der Waals surface area contributed by atoms with E-state index in [9.17, 15) is 19.2 Å². The van der Waals surface area contributed by atoms with E-state index in [0.29, 0.717) is 21.9 Å². The Morgan fingerprint density at radius 1 is 0.438 bits per heavy atom. The van der Waals surface area contributed by atoms with E-state index in [1.807, 2.05) is 47.2 Å². The number of hydrogen-bond acceptors (Lipinski definition) is 4. The van der Waals surface area contributed by atoms with Gasteiger partial charge in [-0.05, 0) is 33.7 Å². The molecule has 0 aliphatic rings. The lowest BCUT2D eigenvalue weighted by Gasteiger charge is -2.11. The van der Waals surface area contributed by atoms with E-state index in [-0.39, 0.29) is 0 Å². The molecule has 4 rings (SSSR count). The molecule has 0 heterocycles. The molecule has 0 saturated heterocycles. The van der Waals surface area contributed by atoms with Crippen molar-refractivity contribution in [2.45, 2.75) is 0 Å². The summed E-state index contributed by atoms with van der Waals surface area (Å²) >= 11 is 0. The van der Waals surface area contributed by atoms with E-state index >= 15 is 0 Å². The first-order chi connectivity index (χ1) is 15.5. The summed E-state index contributed by atoms with van der Waals surface area (Å²) < 4.78 is 0. The molecule has 0 saturated carbocycles. The maximum Gasteiger partial charge on any atom is 0.329 e. The Labute approximate surface area is 182 Å². The number of carbonyl (C=O) groups excluding carboxylic acids is 4. The van der Waals surface area contributed by atoms with Gasteiger partial charge in [-0.15, -0.1) is 0 Å². The Morgan fingerprint density at radius 3 is 1.25 bits per heavy atom. The van der Waals surface area contributed by atoms with Crippen molar-refractivity contribution in [1.82, 2.24) is 21.7 Å². The van der Waals surface area contributed by atoms with Crippen molar-refractivity contribution in [1.29, 1.82) is 0 Å². The molecule has 0 radical (unpaired) electrons. The van der Waals surface area contributed by atoms with Gasteiger partial charge in [-0.25, -0.2) is 0 Å². The second kappa shape index (κ2) is 8.97. The van der Waals surface area contributed by atoms with Gasteiger partial charge in [0.2, 0.25) is 0 Å². The Morgan fingerprint density at radius 2 is 0.812 bits per heavy atom. The minimum atomic E-state index is -1.14. The smallest absolute Gasteiger partial charge is 0.267 e. The zero-order chi connectivity index (χ0) is 22.5. The van der Waals surface area contributed by atoms with Crippen molar-refractivity contribution >= 4 is 45.2 Å². The van der Waals surface area contributed by atoms with E-state index in [2.05, 4.69) is 10.9 Å². The quantitative estimate of drug-likeness (QED) is 0.290. The molecule has 4 aromatic carbocycles. The third-order valence-electron chi connectivity index (χ3n) is 4.85. The average molecular weight is 426 g/mol. The van der Waals surface area contributed by atoms with Crippen LogP contribution in [-0.4, -0.2) is 23.6 Å².